The summed E-state index contributed by atoms with van der Waals surface area (Å²) in [6.45, 7) is 4.52. The first-order valence-corrected chi connectivity index (χ1v) is 6.46. The Morgan fingerprint density at radius 1 is 1.33 bits per heavy atom. The number of nitrogens with zero attached hydrogens (tertiary/aromatic N) is 1. The van der Waals surface area contributed by atoms with E-state index in [9.17, 15) is 5.11 Å². The van der Waals surface area contributed by atoms with E-state index in [1.54, 1.807) is 7.11 Å². The van der Waals surface area contributed by atoms with Crippen LogP contribution in [0.25, 0.3) is 0 Å². The Balaban J connectivity index is 2.15. The van der Waals surface area contributed by atoms with Gasteiger partial charge in [0.25, 0.3) is 0 Å². The Labute approximate surface area is 108 Å². The number of hydrogen-bond acceptors (Lipinski definition) is 4. The van der Waals surface area contributed by atoms with Gasteiger partial charge in [0.2, 0.25) is 0 Å². The number of methoxy groups -OCH3 is 1. The van der Waals surface area contributed by atoms with E-state index in [4.69, 9.17) is 10.5 Å². The molecule has 100 valence electrons. The molecule has 1 unspecified atom stereocenters. The number of hydrogen-bond donors (Lipinski definition) is 2. The second kappa shape index (κ2) is 5.59. The normalized spacial score (nSPS) is 17.9. The number of aliphatic hydroxyl groups is 1. The highest BCUT2D eigenvalue weighted by molar-refractivity contribution is 5.57. The lowest BCUT2D eigenvalue weighted by molar-refractivity contribution is 0.129. The third-order valence-corrected chi connectivity index (χ3v) is 3.47. The summed E-state index contributed by atoms with van der Waals surface area (Å²) in [5.74, 6) is 0.762. The lowest BCUT2D eigenvalue weighted by atomic mass is 10.0. The van der Waals surface area contributed by atoms with Crippen LogP contribution in [-0.2, 0) is 12.8 Å². The van der Waals surface area contributed by atoms with Gasteiger partial charge in [-0.3, -0.25) is 0 Å². The first-order chi connectivity index (χ1) is 8.60. The lowest BCUT2D eigenvalue weighted by Crippen LogP contribution is -2.33. The van der Waals surface area contributed by atoms with Crippen LogP contribution in [0, 0.1) is 0 Å². The molecule has 18 heavy (non-hydrogen) atoms. The van der Waals surface area contributed by atoms with E-state index in [0.717, 1.165) is 38.2 Å². The zero-order chi connectivity index (χ0) is 13.1. The number of aliphatic hydroxyl groups excluding tert-OH is 1. The molecule has 1 heterocycles. The molecule has 1 atom stereocenters. The number of fused-ring (bicyclic) bond motifs is 1. The molecule has 3 N–H and O–H groups in total. The predicted molar refractivity (Wildman–Crippen MR) is 72.9 cm³/mol. The summed E-state index contributed by atoms with van der Waals surface area (Å²) in [6, 6.07) is 4.08. The maximum atomic E-state index is 9.46. The van der Waals surface area contributed by atoms with Crippen LogP contribution >= 0.6 is 0 Å². The van der Waals surface area contributed by atoms with E-state index < -0.39 is 0 Å². The third-order valence-electron chi connectivity index (χ3n) is 3.47. The van der Waals surface area contributed by atoms with Crippen molar-refractivity contribution in [3.8, 4) is 5.75 Å². The standard InChI is InChI=1S/C14H22N2O2/c1-10(17)9-16-5-3-11-7-13(15)14(18-2)8-12(11)4-6-16/h7-8,10,17H,3-6,9,15H2,1-2H3. The topological polar surface area (TPSA) is 58.7 Å². The fourth-order valence-corrected chi connectivity index (χ4v) is 2.55. The first kappa shape index (κ1) is 13.2. The van der Waals surface area contributed by atoms with Crippen molar-refractivity contribution >= 4 is 5.69 Å². The van der Waals surface area contributed by atoms with Crippen molar-refractivity contribution in [2.75, 3.05) is 32.5 Å². The SMILES string of the molecule is COc1cc2c(cc1N)CCN(CC(C)O)CC2. The molecule has 0 aromatic heterocycles. The highest BCUT2D eigenvalue weighted by Gasteiger charge is 2.16. The van der Waals surface area contributed by atoms with Gasteiger partial charge < -0.3 is 20.5 Å². The number of ether oxygens (including phenoxy) is 1. The van der Waals surface area contributed by atoms with Crippen molar-refractivity contribution in [2.45, 2.75) is 25.9 Å². The number of β-amino-alcohol motifs (C(OH)–C–C–N with tert-alkyl or cyclic N) is 1. The molecule has 0 fully saturated rings. The van der Waals surface area contributed by atoms with Gasteiger partial charge in [0.15, 0.2) is 0 Å². The summed E-state index contributed by atoms with van der Waals surface area (Å²) >= 11 is 0. The molecule has 0 radical (unpaired) electrons. The van der Waals surface area contributed by atoms with Crippen molar-refractivity contribution in [1.29, 1.82) is 0 Å². The number of benzene rings is 1. The van der Waals surface area contributed by atoms with Crippen LogP contribution in [-0.4, -0.2) is 42.9 Å². The molecule has 0 spiro atoms. The average Bonchev–Trinajstić information content (AvgIpc) is 2.50. The molecule has 4 nitrogen and oxygen atoms in total. The third kappa shape index (κ3) is 2.94. The number of nitrogens with two attached hydrogens (primary N) is 1. The summed E-state index contributed by atoms with van der Waals surface area (Å²) < 4.78 is 5.26. The Kier molecular flexibility index (Phi) is 4.09. The molecule has 1 aromatic rings. The van der Waals surface area contributed by atoms with Crippen LogP contribution < -0.4 is 10.5 Å². The maximum Gasteiger partial charge on any atom is 0.142 e. The molecule has 2 rings (SSSR count). The molecular weight excluding hydrogens is 228 g/mol. The van der Waals surface area contributed by atoms with E-state index in [1.165, 1.54) is 11.1 Å². The quantitative estimate of drug-likeness (QED) is 0.788. The fourth-order valence-electron chi connectivity index (χ4n) is 2.55. The molecule has 4 heteroatoms. The number of anilines is 1. The minimum Gasteiger partial charge on any atom is -0.495 e. The molecule has 1 aromatic carbocycles. The molecule has 0 amide bonds. The van der Waals surface area contributed by atoms with Gasteiger partial charge in [0.05, 0.1) is 18.9 Å². The second-order valence-corrected chi connectivity index (χ2v) is 5.01. The van der Waals surface area contributed by atoms with E-state index in [2.05, 4.69) is 11.0 Å². The zero-order valence-electron chi connectivity index (χ0n) is 11.1. The van der Waals surface area contributed by atoms with Gasteiger partial charge in [-0.25, -0.2) is 0 Å². The fraction of sp³-hybridized carbons (Fsp3) is 0.571. The Morgan fingerprint density at radius 3 is 2.50 bits per heavy atom. The van der Waals surface area contributed by atoms with Crippen molar-refractivity contribution < 1.29 is 9.84 Å². The first-order valence-electron chi connectivity index (χ1n) is 6.46. The minimum absolute atomic E-state index is 0.272. The smallest absolute Gasteiger partial charge is 0.142 e. The van der Waals surface area contributed by atoms with Crippen LogP contribution in [0.15, 0.2) is 12.1 Å². The predicted octanol–water partition coefficient (Wildman–Crippen LogP) is 1.06. The maximum absolute atomic E-state index is 9.46. The van der Waals surface area contributed by atoms with E-state index in [0.29, 0.717) is 5.69 Å². The second-order valence-electron chi connectivity index (χ2n) is 5.01. The summed E-state index contributed by atoms with van der Waals surface area (Å²) in [6.07, 6.45) is 1.69. The monoisotopic (exact) mass is 250 g/mol. The van der Waals surface area contributed by atoms with E-state index in [-0.39, 0.29) is 6.10 Å². The molecule has 1 aliphatic rings. The molecule has 0 aliphatic carbocycles. The average molecular weight is 250 g/mol. The Morgan fingerprint density at radius 2 is 1.94 bits per heavy atom. The van der Waals surface area contributed by atoms with Crippen LogP contribution in [0.4, 0.5) is 5.69 Å². The van der Waals surface area contributed by atoms with Gasteiger partial charge in [-0.2, -0.15) is 0 Å². The van der Waals surface area contributed by atoms with Gasteiger partial charge in [-0.05, 0) is 43.0 Å². The van der Waals surface area contributed by atoms with Gasteiger partial charge in [0, 0.05) is 19.6 Å². The molecule has 1 aliphatic heterocycles. The summed E-state index contributed by atoms with van der Waals surface area (Å²) in [5, 5.41) is 9.46. The minimum atomic E-state index is -0.272. The van der Waals surface area contributed by atoms with Crippen molar-refractivity contribution in [1.82, 2.24) is 4.90 Å². The Bertz CT molecular complexity index is 419. The number of nitrogen functional groups attached to an aromatic ring is 1. The van der Waals surface area contributed by atoms with Gasteiger partial charge in [0.1, 0.15) is 5.75 Å². The highest BCUT2D eigenvalue weighted by Crippen LogP contribution is 2.28. The van der Waals surface area contributed by atoms with E-state index >= 15 is 0 Å². The van der Waals surface area contributed by atoms with E-state index in [1.807, 2.05) is 13.0 Å². The van der Waals surface area contributed by atoms with Crippen molar-refractivity contribution in [3.63, 3.8) is 0 Å². The van der Waals surface area contributed by atoms with Crippen LogP contribution in [0.3, 0.4) is 0 Å². The molecule has 0 saturated carbocycles. The molecule has 0 bridgehead atoms. The molecule has 0 saturated heterocycles. The lowest BCUT2D eigenvalue weighted by Gasteiger charge is -2.20. The van der Waals surface area contributed by atoms with Crippen LogP contribution in [0.1, 0.15) is 18.1 Å². The van der Waals surface area contributed by atoms with Crippen molar-refractivity contribution in [2.24, 2.45) is 0 Å². The summed E-state index contributed by atoms with van der Waals surface area (Å²) in [5.41, 5.74) is 9.27. The highest BCUT2D eigenvalue weighted by atomic mass is 16.5. The largest absolute Gasteiger partial charge is 0.495 e. The van der Waals surface area contributed by atoms with Crippen molar-refractivity contribution in [3.05, 3.63) is 23.3 Å². The zero-order valence-corrected chi connectivity index (χ0v) is 11.1. The number of rotatable bonds is 3. The Hall–Kier alpha value is -1.26. The van der Waals surface area contributed by atoms with Crippen LogP contribution in [0.2, 0.25) is 0 Å². The summed E-state index contributed by atoms with van der Waals surface area (Å²) in [4.78, 5) is 2.30. The van der Waals surface area contributed by atoms with Gasteiger partial charge in [-0.15, -0.1) is 0 Å². The van der Waals surface area contributed by atoms with Gasteiger partial charge >= 0.3 is 0 Å². The molecular formula is C14H22N2O2. The van der Waals surface area contributed by atoms with Gasteiger partial charge in [-0.1, -0.05) is 0 Å². The van der Waals surface area contributed by atoms with Crippen LogP contribution in [0.5, 0.6) is 5.75 Å². The summed E-state index contributed by atoms with van der Waals surface area (Å²) in [7, 11) is 1.65.